The van der Waals surface area contributed by atoms with Crippen LogP contribution in [0.2, 0.25) is 0 Å². The summed E-state index contributed by atoms with van der Waals surface area (Å²) in [6.45, 7) is 1.74. The number of carbonyl (C=O) groups is 1. The molecule has 142 valence electrons. The minimum atomic E-state index is -0.711. The molecule has 1 aliphatic carbocycles. The Balaban J connectivity index is 1.68. The van der Waals surface area contributed by atoms with Gasteiger partial charge in [-0.3, -0.25) is 4.79 Å². The van der Waals surface area contributed by atoms with E-state index in [9.17, 15) is 13.6 Å². The van der Waals surface area contributed by atoms with Crippen LogP contribution in [0.4, 0.5) is 13.9 Å². The van der Waals surface area contributed by atoms with Crippen LogP contribution < -0.4 is 10.6 Å². The molecule has 1 aliphatic rings. The second kappa shape index (κ2) is 8.37. The van der Waals surface area contributed by atoms with E-state index in [-0.39, 0.29) is 23.4 Å². The van der Waals surface area contributed by atoms with Crippen molar-refractivity contribution >= 4 is 32.6 Å². The summed E-state index contributed by atoms with van der Waals surface area (Å²) in [5, 5.41) is 6.60. The van der Waals surface area contributed by atoms with Crippen molar-refractivity contribution in [2.24, 2.45) is 5.92 Å². The number of hydrogen-bond acceptors (Lipinski definition) is 5. The molecular weight excluding hydrogens is 358 g/mol. The molecular formula is C18H24F2N4OS. The van der Waals surface area contributed by atoms with E-state index in [4.69, 9.17) is 0 Å². The second-order valence-corrected chi connectivity index (χ2v) is 8.03. The van der Waals surface area contributed by atoms with E-state index in [1.54, 1.807) is 0 Å². The van der Waals surface area contributed by atoms with E-state index in [1.165, 1.54) is 6.07 Å². The number of halogens is 2. The number of thiazole rings is 1. The van der Waals surface area contributed by atoms with Gasteiger partial charge in [-0.2, -0.15) is 0 Å². The van der Waals surface area contributed by atoms with Crippen LogP contribution in [0.25, 0.3) is 10.2 Å². The van der Waals surface area contributed by atoms with Crippen LogP contribution in [0, 0.1) is 17.6 Å². The van der Waals surface area contributed by atoms with Gasteiger partial charge in [0.1, 0.15) is 11.3 Å². The third-order valence-corrected chi connectivity index (χ3v) is 5.63. The summed E-state index contributed by atoms with van der Waals surface area (Å²) in [5.41, 5.74) is 0.0935. The highest BCUT2D eigenvalue weighted by Gasteiger charge is 2.31. The van der Waals surface area contributed by atoms with Crippen molar-refractivity contribution in [2.45, 2.75) is 31.7 Å². The van der Waals surface area contributed by atoms with E-state index < -0.39 is 11.6 Å². The minimum absolute atomic E-state index is 0.0935. The topological polar surface area (TPSA) is 57.3 Å². The Morgan fingerprint density at radius 3 is 2.85 bits per heavy atom. The maximum atomic E-state index is 13.8. The van der Waals surface area contributed by atoms with Gasteiger partial charge < -0.3 is 15.5 Å². The number of likely N-dealkylation sites (N-methyl/N-ethyl adjacent to an activating group) is 1. The highest BCUT2D eigenvalue weighted by molar-refractivity contribution is 7.22. The van der Waals surface area contributed by atoms with Gasteiger partial charge in [0.15, 0.2) is 10.9 Å². The lowest BCUT2D eigenvalue weighted by Gasteiger charge is -2.31. The standard InChI is InChI=1S/C18H24F2N4OS/c1-24(2)8-7-21-14-6-4-3-5-12(14)17(25)23-18-22-16-13(20)9-11(19)10-15(16)26-18/h9-10,12,14,21H,3-8H2,1-2H3,(H,22,23,25)/t12?,14-/m0/s1. The fraction of sp³-hybridized carbons (Fsp3) is 0.556. The molecule has 2 aromatic rings. The SMILES string of the molecule is CN(C)CCN[C@H]1CCCCC1C(=O)Nc1nc2c(F)cc(F)cc2s1. The van der Waals surface area contributed by atoms with Crippen LogP contribution in [-0.2, 0) is 4.79 Å². The fourth-order valence-corrected chi connectivity index (χ4v) is 4.28. The summed E-state index contributed by atoms with van der Waals surface area (Å²) in [7, 11) is 4.03. The fourth-order valence-electron chi connectivity index (χ4n) is 3.37. The summed E-state index contributed by atoms with van der Waals surface area (Å²) >= 11 is 1.09. The van der Waals surface area contributed by atoms with Crippen molar-refractivity contribution in [1.82, 2.24) is 15.2 Å². The van der Waals surface area contributed by atoms with Crippen molar-refractivity contribution in [2.75, 3.05) is 32.5 Å². The summed E-state index contributed by atoms with van der Waals surface area (Å²) in [5.74, 6) is -1.60. The van der Waals surface area contributed by atoms with Crippen molar-refractivity contribution < 1.29 is 13.6 Å². The minimum Gasteiger partial charge on any atom is -0.312 e. The molecule has 0 saturated heterocycles. The predicted molar refractivity (Wildman–Crippen MR) is 100 cm³/mol. The highest BCUT2D eigenvalue weighted by Crippen LogP contribution is 2.30. The molecule has 1 aromatic carbocycles. The van der Waals surface area contributed by atoms with E-state index in [1.807, 2.05) is 14.1 Å². The molecule has 1 aromatic heterocycles. The second-order valence-electron chi connectivity index (χ2n) is 7.00. The van der Waals surface area contributed by atoms with E-state index in [2.05, 4.69) is 20.5 Å². The zero-order valence-electron chi connectivity index (χ0n) is 15.0. The van der Waals surface area contributed by atoms with Crippen LogP contribution in [0.15, 0.2) is 12.1 Å². The van der Waals surface area contributed by atoms with Crippen LogP contribution in [0.5, 0.6) is 0 Å². The first kappa shape index (κ1) is 19.1. The van der Waals surface area contributed by atoms with Crippen LogP contribution in [-0.4, -0.2) is 49.0 Å². The molecule has 2 atom stereocenters. The third kappa shape index (κ3) is 4.55. The number of nitrogens with zero attached hydrogens (tertiary/aromatic N) is 2. The molecule has 1 unspecified atom stereocenters. The van der Waals surface area contributed by atoms with Gasteiger partial charge >= 0.3 is 0 Å². The number of nitrogens with one attached hydrogen (secondary N) is 2. The van der Waals surface area contributed by atoms with E-state index in [0.29, 0.717) is 9.83 Å². The summed E-state index contributed by atoms with van der Waals surface area (Å²) in [4.78, 5) is 19.0. The molecule has 1 amide bonds. The van der Waals surface area contributed by atoms with Crippen LogP contribution in [0.3, 0.4) is 0 Å². The first-order chi connectivity index (χ1) is 12.4. The van der Waals surface area contributed by atoms with E-state index in [0.717, 1.165) is 56.2 Å². The number of carbonyl (C=O) groups excluding carboxylic acids is 1. The van der Waals surface area contributed by atoms with E-state index >= 15 is 0 Å². The normalized spacial score (nSPS) is 20.7. The molecule has 8 heteroatoms. The zero-order chi connectivity index (χ0) is 18.7. The molecule has 0 aliphatic heterocycles. The van der Waals surface area contributed by atoms with Gasteiger partial charge in [0.2, 0.25) is 5.91 Å². The largest absolute Gasteiger partial charge is 0.312 e. The lowest BCUT2D eigenvalue weighted by molar-refractivity contribution is -0.121. The Morgan fingerprint density at radius 1 is 1.31 bits per heavy atom. The van der Waals surface area contributed by atoms with Gasteiger partial charge in [-0.1, -0.05) is 24.2 Å². The molecule has 1 fully saturated rings. The van der Waals surface area contributed by atoms with Gasteiger partial charge in [0.25, 0.3) is 0 Å². The molecule has 2 N–H and O–H groups in total. The van der Waals surface area contributed by atoms with Gasteiger partial charge in [-0.25, -0.2) is 13.8 Å². The van der Waals surface area contributed by atoms with Crippen LogP contribution in [0.1, 0.15) is 25.7 Å². The van der Waals surface area contributed by atoms with Crippen molar-refractivity contribution in [3.05, 3.63) is 23.8 Å². The summed E-state index contributed by atoms with van der Waals surface area (Å²) < 4.78 is 27.5. The monoisotopic (exact) mass is 382 g/mol. The molecule has 0 radical (unpaired) electrons. The maximum absolute atomic E-state index is 13.8. The number of amides is 1. The van der Waals surface area contributed by atoms with Crippen LogP contribution >= 0.6 is 11.3 Å². The lowest BCUT2D eigenvalue weighted by Crippen LogP contribution is -2.46. The Hall–Kier alpha value is -1.64. The van der Waals surface area contributed by atoms with Crippen molar-refractivity contribution in [3.8, 4) is 0 Å². The van der Waals surface area contributed by atoms with Gasteiger partial charge in [0, 0.05) is 25.2 Å². The molecule has 5 nitrogen and oxygen atoms in total. The number of anilines is 1. The number of fused-ring (bicyclic) bond motifs is 1. The molecule has 3 rings (SSSR count). The zero-order valence-corrected chi connectivity index (χ0v) is 15.8. The molecule has 0 bridgehead atoms. The smallest absolute Gasteiger partial charge is 0.230 e. The summed E-state index contributed by atoms with van der Waals surface area (Å²) in [6, 6.07) is 2.17. The third-order valence-electron chi connectivity index (χ3n) is 4.71. The molecule has 0 spiro atoms. The molecule has 26 heavy (non-hydrogen) atoms. The Morgan fingerprint density at radius 2 is 2.08 bits per heavy atom. The number of benzene rings is 1. The first-order valence-corrected chi connectivity index (χ1v) is 9.70. The highest BCUT2D eigenvalue weighted by atomic mass is 32.1. The van der Waals surface area contributed by atoms with Gasteiger partial charge in [-0.15, -0.1) is 0 Å². The average Bonchev–Trinajstić information content (AvgIpc) is 2.97. The quantitative estimate of drug-likeness (QED) is 0.805. The first-order valence-electron chi connectivity index (χ1n) is 8.88. The Kier molecular flexibility index (Phi) is 6.16. The predicted octanol–water partition coefficient (Wildman–Crippen LogP) is 3.22. The number of aromatic nitrogens is 1. The number of rotatable bonds is 6. The van der Waals surface area contributed by atoms with Gasteiger partial charge in [0.05, 0.1) is 10.6 Å². The average molecular weight is 382 g/mol. The lowest BCUT2D eigenvalue weighted by atomic mass is 9.84. The molecule has 1 saturated carbocycles. The summed E-state index contributed by atoms with van der Waals surface area (Å²) in [6.07, 6.45) is 3.91. The van der Waals surface area contributed by atoms with Gasteiger partial charge in [-0.05, 0) is 33.0 Å². The Bertz CT molecular complexity index is 780. The Labute approximate surface area is 155 Å². The van der Waals surface area contributed by atoms with Crippen molar-refractivity contribution in [1.29, 1.82) is 0 Å². The van der Waals surface area contributed by atoms with Crippen molar-refractivity contribution in [3.63, 3.8) is 0 Å². The maximum Gasteiger partial charge on any atom is 0.230 e. The molecule has 1 heterocycles. The number of hydrogen-bond donors (Lipinski definition) is 2.